The van der Waals surface area contributed by atoms with E-state index in [4.69, 9.17) is 4.52 Å². The van der Waals surface area contributed by atoms with Crippen molar-refractivity contribution in [2.24, 2.45) is 0 Å². The maximum atomic E-state index is 12.3. The van der Waals surface area contributed by atoms with Crippen LogP contribution >= 0.6 is 0 Å². The molecule has 0 atom stereocenters. The summed E-state index contributed by atoms with van der Waals surface area (Å²) in [6, 6.07) is 5.41. The van der Waals surface area contributed by atoms with Crippen LogP contribution in [0.1, 0.15) is 16.1 Å². The minimum Gasteiger partial charge on any atom is -0.360 e. The lowest BCUT2D eigenvalue weighted by Crippen LogP contribution is -2.48. The quantitative estimate of drug-likeness (QED) is 0.825. The number of nitrogens with zero attached hydrogens (tertiary/aromatic N) is 4. The van der Waals surface area contributed by atoms with Crippen LogP contribution in [-0.2, 0) is 0 Å². The third-order valence-corrected chi connectivity index (χ3v) is 3.43. The second-order valence-corrected chi connectivity index (χ2v) is 4.81. The van der Waals surface area contributed by atoms with E-state index in [1.165, 1.54) is 0 Å². The second kappa shape index (κ2) is 5.32. The Morgan fingerprint density at radius 1 is 1.20 bits per heavy atom. The minimum atomic E-state index is 0.0587. The Labute approximate surface area is 117 Å². The van der Waals surface area contributed by atoms with E-state index in [1.54, 1.807) is 24.5 Å². The van der Waals surface area contributed by atoms with Crippen molar-refractivity contribution in [3.63, 3.8) is 0 Å². The summed E-state index contributed by atoms with van der Waals surface area (Å²) in [5, 5.41) is 4.01. The molecule has 104 valence electrons. The van der Waals surface area contributed by atoms with Gasteiger partial charge in [-0.3, -0.25) is 9.78 Å². The number of amides is 1. The van der Waals surface area contributed by atoms with Crippen molar-refractivity contribution in [1.29, 1.82) is 0 Å². The first-order valence-electron chi connectivity index (χ1n) is 6.61. The Morgan fingerprint density at radius 2 is 1.90 bits per heavy atom. The highest BCUT2D eigenvalue weighted by atomic mass is 16.5. The molecule has 1 saturated heterocycles. The third-order valence-electron chi connectivity index (χ3n) is 3.43. The normalized spacial score (nSPS) is 15.4. The molecule has 2 aromatic rings. The van der Waals surface area contributed by atoms with Crippen molar-refractivity contribution in [2.75, 3.05) is 31.1 Å². The van der Waals surface area contributed by atoms with Crippen molar-refractivity contribution < 1.29 is 9.32 Å². The molecule has 0 aromatic carbocycles. The van der Waals surface area contributed by atoms with Crippen molar-refractivity contribution >= 4 is 11.7 Å². The van der Waals surface area contributed by atoms with Crippen LogP contribution in [0.25, 0.3) is 0 Å². The van der Waals surface area contributed by atoms with E-state index in [0.29, 0.717) is 18.7 Å². The zero-order valence-electron chi connectivity index (χ0n) is 11.3. The highest BCUT2D eigenvalue weighted by molar-refractivity contribution is 5.94. The van der Waals surface area contributed by atoms with E-state index in [0.717, 1.165) is 24.7 Å². The lowest BCUT2D eigenvalue weighted by molar-refractivity contribution is 0.0746. The average molecular weight is 272 g/mol. The number of piperazine rings is 1. The maximum Gasteiger partial charge on any atom is 0.254 e. The van der Waals surface area contributed by atoms with E-state index in [1.807, 2.05) is 17.9 Å². The predicted molar refractivity (Wildman–Crippen MR) is 73.6 cm³/mol. The number of carbonyl (C=O) groups excluding carboxylic acids is 1. The van der Waals surface area contributed by atoms with Gasteiger partial charge in [-0.05, 0) is 19.1 Å². The van der Waals surface area contributed by atoms with Crippen molar-refractivity contribution in [1.82, 2.24) is 15.0 Å². The van der Waals surface area contributed by atoms with E-state index in [2.05, 4.69) is 15.0 Å². The van der Waals surface area contributed by atoms with Gasteiger partial charge < -0.3 is 14.3 Å². The molecule has 0 N–H and O–H groups in total. The molecule has 0 aliphatic carbocycles. The van der Waals surface area contributed by atoms with Crippen LogP contribution in [0.4, 0.5) is 5.82 Å². The van der Waals surface area contributed by atoms with Crippen molar-refractivity contribution in [3.05, 3.63) is 41.9 Å². The highest BCUT2D eigenvalue weighted by Crippen LogP contribution is 2.16. The average Bonchev–Trinajstić information content (AvgIpc) is 2.94. The van der Waals surface area contributed by atoms with E-state index in [-0.39, 0.29) is 5.91 Å². The van der Waals surface area contributed by atoms with Crippen LogP contribution in [0.15, 0.2) is 35.1 Å². The molecular weight excluding hydrogens is 256 g/mol. The van der Waals surface area contributed by atoms with Gasteiger partial charge in [0, 0.05) is 50.2 Å². The van der Waals surface area contributed by atoms with Gasteiger partial charge in [-0.1, -0.05) is 5.16 Å². The van der Waals surface area contributed by atoms with E-state index >= 15 is 0 Å². The monoisotopic (exact) mass is 272 g/mol. The summed E-state index contributed by atoms with van der Waals surface area (Å²) in [7, 11) is 0. The zero-order valence-corrected chi connectivity index (χ0v) is 11.3. The number of hydrogen-bond donors (Lipinski definition) is 0. The summed E-state index contributed by atoms with van der Waals surface area (Å²) in [4.78, 5) is 20.2. The molecule has 6 nitrogen and oxygen atoms in total. The molecule has 1 amide bonds. The summed E-state index contributed by atoms with van der Waals surface area (Å²) in [5.74, 6) is 1.71. The molecule has 1 aliphatic heterocycles. The first-order chi connectivity index (χ1) is 9.74. The fourth-order valence-electron chi connectivity index (χ4n) is 2.32. The topological polar surface area (TPSA) is 62.5 Å². The van der Waals surface area contributed by atoms with Gasteiger partial charge in [-0.25, -0.2) is 0 Å². The van der Waals surface area contributed by atoms with Crippen LogP contribution in [0.2, 0.25) is 0 Å². The van der Waals surface area contributed by atoms with Crippen LogP contribution in [0, 0.1) is 6.92 Å². The molecule has 0 unspecified atom stereocenters. The van der Waals surface area contributed by atoms with Gasteiger partial charge in [0.05, 0.1) is 0 Å². The standard InChI is InChI=1S/C14H16N4O2/c1-11-10-13(16-20-11)17-6-8-18(9-7-17)14(19)12-2-4-15-5-3-12/h2-5,10H,6-9H2,1H3. The third kappa shape index (κ3) is 2.49. The van der Waals surface area contributed by atoms with Gasteiger partial charge in [-0.15, -0.1) is 0 Å². The highest BCUT2D eigenvalue weighted by Gasteiger charge is 2.23. The van der Waals surface area contributed by atoms with Gasteiger partial charge in [-0.2, -0.15) is 0 Å². The summed E-state index contributed by atoms with van der Waals surface area (Å²) in [6.07, 6.45) is 3.28. The second-order valence-electron chi connectivity index (χ2n) is 4.81. The molecule has 0 spiro atoms. The SMILES string of the molecule is Cc1cc(N2CCN(C(=O)c3ccncc3)CC2)no1. The number of rotatable bonds is 2. The lowest BCUT2D eigenvalue weighted by atomic mass is 10.2. The first kappa shape index (κ1) is 12.7. The van der Waals surface area contributed by atoms with Crippen LogP contribution in [-0.4, -0.2) is 47.1 Å². The van der Waals surface area contributed by atoms with Gasteiger partial charge >= 0.3 is 0 Å². The Kier molecular flexibility index (Phi) is 3.37. The maximum absolute atomic E-state index is 12.3. The zero-order chi connectivity index (χ0) is 13.9. The number of carbonyl (C=O) groups is 1. The molecule has 3 heterocycles. The molecule has 2 aromatic heterocycles. The number of anilines is 1. The molecule has 3 rings (SSSR count). The molecule has 0 radical (unpaired) electrons. The molecule has 0 bridgehead atoms. The van der Waals surface area contributed by atoms with Crippen molar-refractivity contribution in [3.8, 4) is 0 Å². The summed E-state index contributed by atoms with van der Waals surface area (Å²) in [5.41, 5.74) is 0.686. The largest absolute Gasteiger partial charge is 0.360 e. The Hall–Kier alpha value is -2.37. The fourth-order valence-corrected chi connectivity index (χ4v) is 2.32. The molecule has 6 heteroatoms. The van der Waals surface area contributed by atoms with Gasteiger partial charge in [0.2, 0.25) is 0 Å². The van der Waals surface area contributed by atoms with Crippen molar-refractivity contribution in [2.45, 2.75) is 6.92 Å². The summed E-state index contributed by atoms with van der Waals surface area (Å²) >= 11 is 0. The summed E-state index contributed by atoms with van der Waals surface area (Å²) in [6.45, 7) is 4.78. The first-order valence-corrected chi connectivity index (χ1v) is 6.61. The predicted octanol–water partition coefficient (Wildman–Crippen LogP) is 1.34. The fraction of sp³-hybridized carbons (Fsp3) is 0.357. The number of pyridine rings is 1. The van der Waals surface area contributed by atoms with Crippen LogP contribution < -0.4 is 4.90 Å². The Bertz CT molecular complexity index is 588. The van der Waals surface area contributed by atoms with Gasteiger partial charge in [0.15, 0.2) is 5.82 Å². The van der Waals surface area contributed by atoms with Crippen LogP contribution in [0.5, 0.6) is 0 Å². The molecule has 1 fully saturated rings. The summed E-state index contributed by atoms with van der Waals surface area (Å²) < 4.78 is 5.08. The number of hydrogen-bond acceptors (Lipinski definition) is 5. The number of aromatic nitrogens is 2. The van der Waals surface area contributed by atoms with E-state index < -0.39 is 0 Å². The molecule has 0 saturated carbocycles. The number of aryl methyl sites for hydroxylation is 1. The molecule has 1 aliphatic rings. The smallest absolute Gasteiger partial charge is 0.254 e. The minimum absolute atomic E-state index is 0.0587. The Balaban J connectivity index is 1.63. The van der Waals surface area contributed by atoms with Crippen LogP contribution in [0.3, 0.4) is 0 Å². The molecular formula is C14H16N4O2. The van der Waals surface area contributed by atoms with Gasteiger partial charge in [0.1, 0.15) is 5.76 Å². The Morgan fingerprint density at radius 3 is 2.50 bits per heavy atom. The van der Waals surface area contributed by atoms with E-state index in [9.17, 15) is 4.79 Å². The van der Waals surface area contributed by atoms with Gasteiger partial charge in [0.25, 0.3) is 5.91 Å². The molecule has 20 heavy (non-hydrogen) atoms. The lowest BCUT2D eigenvalue weighted by Gasteiger charge is -2.34.